The zero-order valence-corrected chi connectivity index (χ0v) is 13.0. The lowest BCUT2D eigenvalue weighted by molar-refractivity contribution is -0.131. The summed E-state index contributed by atoms with van der Waals surface area (Å²) >= 11 is 0. The normalized spacial score (nSPS) is 23.4. The van der Waals surface area contributed by atoms with Crippen molar-refractivity contribution < 1.29 is 14.6 Å². The minimum atomic E-state index is -0.864. The van der Waals surface area contributed by atoms with Crippen LogP contribution in [0.4, 0.5) is 4.79 Å². The molecule has 1 aliphatic rings. The second kappa shape index (κ2) is 6.45. The van der Waals surface area contributed by atoms with Gasteiger partial charge >= 0.3 is 6.09 Å². The molecule has 1 aromatic rings. The van der Waals surface area contributed by atoms with Gasteiger partial charge in [0.2, 0.25) is 0 Å². The second-order valence-corrected chi connectivity index (χ2v) is 6.10. The molecule has 1 aliphatic heterocycles. The van der Waals surface area contributed by atoms with Crippen LogP contribution in [-0.4, -0.2) is 45.9 Å². The van der Waals surface area contributed by atoms with E-state index in [2.05, 4.69) is 0 Å². The highest BCUT2D eigenvalue weighted by molar-refractivity contribution is 5.67. The molecule has 1 N–H and O–H groups in total. The number of hydrogen-bond acceptors (Lipinski definition) is 4. The number of hydrazine groups is 1. The first kappa shape index (κ1) is 15.8. The van der Waals surface area contributed by atoms with E-state index >= 15 is 0 Å². The van der Waals surface area contributed by atoms with Gasteiger partial charge in [0.15, 0.2) is 0 Å². The Morgan fingerprint density at radius 3 is 2.67 bits per heavy atom. The maximum atomic E-state index is 12.3. The van der Waals surface area contributed by atoms with Gasteiger partial charge in [-0.15, -0.1) is 0 Å². The van der Waals surface area contributed by atoms with E-state index in [1.54, 1.807) is 6.92 Å². The quantitative estimate of drug-likeness (QED) is 0.929. The van der Waals surface area contributed by atoms with Gasteiger partial charge in [-0.3, -0.25) is 0 Å². The zero-order valence-electron chi connectivity index (χ0n) is 13.0. The van der Waals surface area contributed by atoms with E-state index in [1.807, 2.05) is 49.2 Å². The number of carbonyl (C=O) groups excluding carboxylic acids is 1. The maximum Gasteiger partial charge on any atom is 0.424 e. The lowest BCUT2D eigenvalue weighted by atomic mass is 9.99. The largest absolute Gasteiger partial charge is 0.444 e. The molecule has 5 nitrogen and oxygen atoms in total. The highest BCUT2D eigenvalue weighted by Gasteiger charge is 2.37. The van der Waals surface area contributed by atoms with Crippen LogP contribution >= 0.6 is 0 Å². The fraction of sp³-hybridized carbons (Fsp3) is 0.562. The SMILES string of the molecule is CC(C)N1CCC(C)(O)CN1C(=O)OCc1ccccc1. The number of benzene rings is 1. The molecule has 1 saturated heterocycles. The summed E-state index contributed by atoms with van der Waals surface area (Å²) in [4.78, 5) is 12.3. The Balaban J connectivity index is 2.00. The van der Waals surface area contributed by atoms with E-state index in [9.17, 15) is 9.90 Å². The summed E-state index contributed by atoms with van der Waals surface area (Å²) in [5.41, 5.74) is 0.0858. The predicted octanol–water partition coefficient (Wildman–Crippen LogP) is 2.41. The van der Waals surface area contributed by atoms with E-state index in [4.69, 9.17) is 4.74 Å². The molecule has 0 spiro atoms. The van der Waals surface area contributed by atoms with Crippen LogP contribution < -0.4 is 0 Å². The number of nitrogens with zero attached hydrogens (tertiary/aromatic N) is 2. The van der Waals surface area contributed by atoms with Gasteiger partial charge in [0.25, 0.3) is 0 Å². The lowest BCUT2D eigenvalue weighted by Crippen LogP contribution is -2.60. The Labute approximate surface area is 126 Å². The van der Waals surface area contributed by atoms with Crippen molar-refractivity contribution in [3.8, 4) is 0 Å². The van der Waals surface area contributed by atoms with Gasteiger partial charge in [0, 0.05) is 12.6 Å². The molecule has 116 valence electrons. The standard InChI is InChI=1S/C16H24N2O3/c1-13(2)17-10-9-16(3,20)12-18(17)15(19)21-11-14-7-5-4-6-8-14/h4-8,13,20H,9-12H2,1-3H3. The molecule has 1 fully saturated rings. The summed E-state index contributed by atoms with van der Waals surface area (Å²) < 4.78 is 5.38. The Morgan fingerprint density at radius 2 is 2.05 bits per heavy atom. The molecule has 0 saturated carbocycles. The highest BCUT2D eigenvalue weighted by atomic mass is 16.6. The number of amides is 1. The monoisotopic (exact) mass is 292 g/mol. The Morgan fingerprint density at radius 1 is 1.38 bits per heavy atom. The number of carbonyl (C=O) groups is 1. The molecule has 1 heterocycles. The first-order chi connectivity index (χ1) is 9.89. The van der Waals surface area contributed by atoms with E-state index in [0.29, 0.717) is 13.0 Å². The number of rotatable bonds is 3. The molecular weight excluding hydrogens is 268 g/mol. The molecule has 0 aromatic heterocycles. The van der Waals surface area contributed by atoms with Crippen LogP contribution in [0.5, 0.6) is 0 Å². The van der Waals surface area contributed by atoms with E-state index < -0.39 is 11.7 Å². The van der Waals surface area contributed by atoms with Gasteiger partial charge in [-0.2, -0.15) is 0 Å². The van der Waals surface area contributed by atoms with Crippen molar-refractivity contribution >= 4 is 6.09 Å². The summed E-state index contributed by atoms with van der Waals surface area (Å²) in [5, 5.41) is 13.7. The Hall–Kier alpha value is -1.59. The van der Waals surface area contributed by atoms with Crippen LogP contribution in [0.2, 0.25) is 0 Å². The molecule has 0 radical (unpaired) electrons. The third-order valence-electron chi connectivity index (χ3n) is 3.69. The van der Waals surface area contributed by atoms with Gasteiger partial charge < -0.3 is 9.84 Å². The van der Waals surface area contributed by atoms with Crippen LogP contribution in [0.3, 0.4) is 0 Å². The molecule has 5 heteroatoms. The minimum Gasteiger partial charge on any atom is -0.444 e. The molecular formula is C16H24N2O3. The van der Waals surface area contributed by atoms with Crippen LogP contribution in [0.1, 0.15) is 32.8 Å². The van der Waals surface area contributed by atoms with Gasteiger partial charge in [-0.25, -0.2) is 14.8 Å². The Bertz CT molecular complexity index is 474. The van der Waals surface area contributed by atoms with Crippen molar-refractivity contribution in [2.45, 2.75) is 45.4 Å². The van der Waals surface area contributed by atoms with Crippen molar-refractivity contribution in [3.63, 3.8) is 0 Å². The number of β-amino-alcohol motifs (C(OH)–C–C–N with tert-alkyl or cyclic N) is 1. The van der Waals surface area contributed by atoms with Crippen molar-refractivity contribution in [3.05, 3.63) is 35.9 Å². The fourth-order valence-corrected chi connectivity index (χ4v) is 2.47. The van der Waals surface area contributed by atoms with E-state index in [0.717, 1.165) is 5.56 Å². The first-order valence-electron chi connectivity index (χ1n) is 7.36. The number of ether oxygens (including phenoxy) is 1. The summed E-state index contributed by atoms with van der Waals surface area (Å²) in [5.74, 6) is 0. The molecule has 0 bridgehead atoms. The molecule has 2 rings (SSSR count). The van der Waals surface area contributed by atoms with Crippen molar-refractivity contribution in [2.75, 3.05) is 13.1 Å². The summed E-state index contributed by atoms with van der Waals surface area (Å²) in [6, 6.07) is 9.77. The molecule has 1 amide bonds. The average molecular weight is 292 g/mol. The highest BCUT2D eigenvalue weighted by Crippen LogP contribution is 2.23. The van der Waals surface area contributed by atoms with Crippen LogP contribution in [0.25, 0.3) is 0 Å². The average Bonchev–Trinajstić information content (AvgIpc) is 2.44. The van der Waals surface area contributed by atoms with Crippen LogP contribution in [-0.2, 0) is 11.3 Å². The lowest BCUT2D eigenvalue weighted by Gasteiger charge is -2.45. The predicted molar refractivity (Wildman–Crippen MR) is 80.4 cm³/mol. The third kappa shape index (κ3) is 4.19. The molecule has 1 unspecified atom stereocenters. The summed E-state index contributed by atoms with van der Waals surface area (Å²) in [6.07, 6.45) is 0.237. The Kier molecular flexibility index (Phi) is 4.85. The third-order valence-corrected chi connectivity index (χ3v) is 3.69. The maximum absolute atomic E-state index is 12.3. The molecule has 1 aromatic carbocycles. The number of aliphatic hydroxyl groups is 1. The van der Waals surface area contributed by atoms with Gasteiger partial charge in [0.1, 0.15) is 6.61 Å². The number of hydrogen-bond donors (Lipinski definition) is 1. The van der Waals surface area contributed by atoms with Crippen molar-refractivity contribution in [2.24, 2.45) is 0 Å². The van der Waals surface area contributed by atoms with Crippen molar-refractivity contribution in [1.29, 1.82) is 0 Å². The summed E-state index contributed by atoms with van der Waals surface area (Å²) in [7, 11) is 0. The molecule has 0 aliphatic carbocycles. The first-order valence-corrected chi connectivity index (χ1v) is 7.36. The smallest absolute Gasteiger partial charge is 0.424 e. The fourth-order valence-electron chi connectivity index (χ4n) is 2.47. The van der Waals surface area contributed by atoms with Gasteiger partial charge in [-0.05, 0) is 32.8 Å². The zero-order chi connectivity index (χ0) is 15.5. The van der Waals surface area contributed by atoms with Crippen LogP contribution in [0, 0.1) is 0 Å². The van der Waals surface area contributed by atoms with E-state index in [1.165, 1.54) is 5.01 Å². The second-order valence-electron chi connectivity index (χ2n) is 6.10. The minimum absolute atomic E-state index is 0.186. The van der Waals surface area contributed by atoms with Gasteiger partial charge in [-0.1, -0.05) is 30.3 Å². The summed E-state index contributed by atoms with van der Waals surface area (Å²) in [6.45, 7) is 6.95. The van der Waals surface area contributed by atoms with E-state index in [-0.39, 0.29) is 19.2 Å². The topological polar surface area (TPSA) is 53.0 Å². The van der Waals surface area contributed by atoms with Crippen molar-refractivity contribution in [1.82, 2.24) is 10.0 Å². The van der Waals surface area contributed by atoms with Crippen LogP contribution in [0.15, 0.2) is 30.3 Å². The molecule has 1 atom stereocenters. The van der Waals surface area contributed by atoms with Gasteiger partial charge in [0.05, 0.1) is 12.1 Å². The molecule has 21 heavy (non-hydrogen) atoms.